The summed E-state index contributed by atoms with van der Waals surface area (Å²) in [6, 6.07) is 18.8. The van der Waals surface area contributed by atoms with Crippen molar-refractivity contribution in [2.45, 2.75) is 38.9 Å². The fraction of sp³-hybridized carbons (Fsp3) is 0.409. The van der Waals surface area contributed by atoms with Crippen LogP contribution in [-0.4, -0.2) is 31.1 Å². The van der Waals surface area contributed by atoms with Crippen LogP contribution >= 0.6 is 0 Å². The molecule has 1 aliphatic carbocycles. The minimum Gasteiger partial charge on any atom is -0.378 e. The summed E-state index contributed by atoms with van der Waals surface area (Å²) in [6.45, 7) is 3.38. The van der Waals surface area contributed by atoms with Gasteiger partial charge in [0.2, 0.25) is 0 Å². The van der Waals surface area contributed by atoms with E-state index < -0.39 is 0 Å². The Labute approximate surface area is 156 Å². The molecule has 0 aromatic heterocycles. The first kappa shape index (κ1) is 18.3. The average Bonchev–Trinajstić information content (AvgIpc) is 3.50. The third-order valence-electron chi connectivity index (χ3n) is 5.15. The molecule has 4 heteroatoms. The molecule has 0 spiro atoms. The first-order valence-electron chi connectivity index (χ1n) is 9.39. The van der Waals surface area contributed by atoms with Crippen LogP contribution in [0.5, 0.6) is 0 Å². The zero-order valence-corrected chi connectivity index (χ0v) is 16.0. The van der Waals surface area contributed by atoms with Crippen LogP contribution in [0.25, 0.3) is 0 Å². The second-order valence-electron chi connectivity index (χ2n) is 7.41. The molecular weight excluding hydrogens is 322 g/mol. The van der Waals surface area contributed by atoms with Crippen molar-refractivity contribution in [3.05, 3.63) is 65.7 Å². The second-order valence-corrected chi connectivity index (χ2v) is 7.41. The van der Waals surface area contributed by atoms with Crippen LogP contribution in [0.2, 0.25) is 0 Å². The van der Waals surface area contributed by atoms with E-state index in [0.29, 0.717) is 19.0 Å². The summed E-state index contributed by atoms with van der Waals surface area (Å²) in [4.78, 5) is 16.9. The molecular formula is C22H29N3O. The fourth-order valence-electron chi connectivity index (χ4n) is 3.21. The summed E-state index contributed by atoms with van der Waals surface area (Å²) in [7, 11) is 4.05. The topological polar surface area (TPSA) is 35.6 Å². The molecule has 1 saturated carbocycles. The van der Waals surface area contributed by atoms with Gasteiger partial charge in [-0.1, -0.05) is 42.5 Å². The molecule has 3 rings (SSSR count). The molecule has 0 heterocycles. The molecule has 0 bridgehead atoms. The number of rotatable bonds is 7. The number of amides is 2. The molecule has 2 aromatic rings. The predicted octanol–water partition coefficient (Wildman–Crippen LogP) is 4.26. The minimum atomic E-state index is 0.0185. The lowest BCUT2D eigenvalue weighted by molar-refractivity contribution is 0.167. The van der Waals surface area contributed by atoms with Gasteiger partial charge in [0.25, 0.3) is 0 Å². The molecule has 26 heavy (non-hydrogen) atoms. The lowest BCUT2D eigenvalue weighted by Crippen LogP contribution is -2.45. The van der Waals surface area contributed by atoms with Gasteiger partial charge in [0.15, 0.2) is 0 Å². The SMILES string of the molecule is C[C@H](C1CC1)N(Cc1ccccc1)C(=O)NCc1ccc(N(C)C)cc1. The van der Waals surface area contributed by atoms with Gasteiger partial charge in [0.05, 0.1) is 0 Å². The summed E-state index contributed by atoms with van der Waals surface area (Å²) < 4.78 is 0. The molecule has 1 N–H and O–H groups in total. The third-order valence-corrected chi connectivity index (χ3v) is 5.15. The van der Waals surface area contributed by atoms with Crippen molar-refractivity contribution < 1.29 is 4.79 Å². The predicted molar refractivity (Wildman–Crippen MR) is 107 cm³/mol. The van der Waals surface area contributed by atoms with Crippen molar-refractivity contribution in [2.75, 3.05) is 19.0 Å². The minimum absolute atomic E-state index is 0.0185. The van der Waals surface area contributed by atoms with E-state index in [1.54, 1.807) is 0 Å². The first-order valence-corrected chi connectivity index (χ1v) is 9.39. The van der Waals surface area contributed by atoms with Crippen LogP contribution in [0.1, 0.15) is 30.9 Å². The van der Waals surface area contributed by atoms with Crippen LogP contribution in [0, 0.1) is 5.92 Å². The second kappa shape index (κ2) is 8.26. The highest BCUT2D eigenvalue weighted by Gasteiger charge is 2.34. The van der Waals surface area contributed by atoms with E-state index in [0.717, 1.165) is 11.3 Å². The number of nitrogens with zero attached hydrogens (tertiary/aromatic N) is 2. The summed E-state index contributed by atoms with van der Waals surface area (Å²) >= 11 is 0. The summed E-state index contributed by atoms with van der Waals surface area (Å²) in [5.74, 6) is 0.642. The Morgan fingerprint density at radius 2 is 1.69 bits per heavy atom. The normalized spacial score (nSPS) is 14.6. The number of carbonyl (C=O) groups is 1. The Balaban J connectivity index is 1.63. The van der Waals surface area contributed by atoms with Gasteiger partial charge in [0, 0.05) is 38.9 Å². The number of hydrogen-bond donors (Lipinski definition) is 1. The average molecular weight is 351 g/mol. The van der Waals surface area contributed by atoms with Gasteiger partial charge >= 0.3 is 6.03 Å². The molecule has 1 aliphatic rings. The van der Waals surface area contributed by atoms with Crippen molar-refractivity contribution in [2.24, 2.45) is 5.92 Å². The van der Waals surface area contributed by atoms with Crippen molar-refractivity contribution in [3.8, 4) is 0 Å². The lowest BCUT2D eigenvalue weighted by atomic mass is 10.1. The van der Waals surface area contributed by atoms with Gasteiger partial charge in [-0.3, -0.25) is 0 Å². The van der Waals surface area contributed by atoms with Crippen LogP contribution in [0.4, 0.5) is 10.5 Å². The smallest absolute Gasteiger partial charge is 0.318 e. The third kappa shape index (κ3) is 4.78. The van der Waals surface area contributed by atoms with Gasteiger partial charge in [-0.05, 0) is 48.9 Å². The summed E-state index contributed by atoms with van der Waals surface area (Å²) in [5.41, 5.74) is 3.45. The van der Waals surface area contributed by atoms with E-state index >= 15 is 0 Å². The molecule has 0 radical (unpaired) electrons. The molecule has 1 atom stereocenters. The standard InChI is InChI=1S/C22H29N3O/c1-17(20-11-12-20)25(16-19-7-5-4-6-8-19)22(26)23-15-18-9-13-21(14-10-18)24(2)3/h4-10,13-14,17,20H,11-12,15-16H2,1-3H3,(H,23,26)/t17-/m1/s1. The molecule has 0 unspecified atom stereocenters. The quantitative estimate of drug-likeness (QED) is 0.809. The van der Waals surface area contributed by atoms with Crippen LogP contribution < -0.4 is 10.2 Å². The maximum absolute atomic E-state index is 12.9. The molecule has 1 fully saturated rings. The van der Waals surface area contributed by atoms with Crippen molar-refractivity contribution in [1.29, 1.82) is 0 Å². The van der Waals surface area contributed by atoms with E-state index in [4.69, 9.17) is 0 Å². The zero-order chi connectivity index (χ0) is 18.5. The number of hydrogen-bond acceptors (Lipinski definition) is 2. The molecule has 0 aliphatic heterocycles. The lowest BCUT2D eigenvalue weighted by Gasteiger charge is -2.30. The molecule has 2 amide bonds. The number of anilines is 1. The Morgan fingerprint density at radius 1 is 1.04 bits per heavy atom. The maximum Gasteiger partial charge on any atom is 0.318 e. The Kier molecular flexibility index (Phi) is 5.82. The van der Waals surface area contributed by atoms with Crippen LogP contribution in [0.3, 0.4) is 0 Å². The highest BCUT2D eigenvalue weighted by atomic mass is 16.2. The van der Waals surface area contributed by atoms with Crippen molar-refractivity contribution in [3.63, 3.8) is 0 Å². The largest absolute Gasteiger partial charge is 0.378 e. The van der Waals surface area contributed by atoms with E-state index in [9.17, 15) is 4.79 Å². The van der Waals surface area contributed by atoms with E-state index in [1.165, 1.54) is 18.4 Å². The number of nitrogens with one attached hydrogen (secondary N) is 1. The monoisotopic (exact) mass is 351 g/mol. The number of benzene rings is 2. The van der Waals surface area contributed by atoms with E-state index in [2.05, 4.69) is 53.5 Å². The van der Waals surface area contributed by atoms with Crippen LogP contribution in [0.15, 0.2) is 54.6 Å². The summed E-state index contributed by atoms with van der Waals surface area (Å²) in [5, 5.41) is 3.10. The van der Waals surface area contributed by atoms with E-state index in [1.807, 2.05) is 37.2 Å². The van der Waals surface area contributed by atoms with Gasteiger partial charge in [-0.25, -0.2) is 4.79 Å². The highest BCUT2D eigenvalue weighted by molar-refractivity contribution is 5.74. The van der Waals surface area contributed by atoms with Crippen molar-refractivity contribution >= 4 is 11.7 Å². The molecule has 0 saturated heterocycles. The van der Waals surface area contributed by atoms with Gasteiger partial charge in [0.1, 0.15) is 0 Å². The Bertz CT molecular complexity index is 708. The van der Waals surface area contributed by atoms with Crippen molar-refractivity contribution in [1.82, 2.24) is 10.2 Å². The number of urea groups is 1. The molecule has 2 aromatic carbocycles. The summed E-state index contributed by atoms with van der Waals surface area (Å²) in [6.07, 6.45) is 2.46. The molecule has 4 nitrogen and oxygen atoms in total. The zero-order valence-electron chi connectivity index (χ0n) is 16.0. The Hall–Kier alpha value is -2.49. The Morgan fingerprint density at radius 3 is 2.27 bits per heavy atom. The highest BCUT2D eigenvalue weighted by Crippen LogP contribution is 2.35. The number of carbonyl (C=O) groups excluding carboxylic acids is 1. The van der Waals surface area contributed by atoms with E-state index in [-0.39, 0.29) is 12.1 Å². The van der Waals surface area contributed by atoms with Gasteiger partial charge in [-0.2, -0.15) is 0 Å². The first-order chi connectivity index (χ1) is 12.5. The fourth-order valence-corrected chi connectivity index (χ4v) is 3.21. The van der Waals surface area contributed by atoms with Gasteiger partial charge in [-0.15, -0.1) is 0 Å². The molecule has 138 valence electrons. The van der Waals surface area contributed by atoms with Crippen LogP contribution in [-0.2, 0) is 13.1 Å². The van der Waals surface area contributed by atoms with Gasteiger partial charge < -0.3 is 15.1 Å². The maximum atomic E-state index is 12.9.